The van der Waals surface area contributed by atoms with Gasteiger partial charge in [0.1, 0.15) is 13.2 Å². The van der Waals surface area contributed by atoms with E-state index >= 15 is 0 Å². The van der Waals surface area contributed by atoms with E-state index in [9.17, 15) is 4.79 Å². The molecular weight excluding hydrogens is 328 g/mol. The van der Waals surface area contributed by atoms with E-state index in [0.29, 0.717) is 30.5 Å². The quantitative estimate of drug-likeness (QED) is 0.888. The van der Waals surface area contributed by atoms with E-state index in [-0.39, 0.29) is 12.1 Å². The number of nitrogens with one attached hydrogen (secondary N) is 2. The average Bonchev–Trinajstić information content (AvgIpc) is 2.60. The maximum Gasteiger partial charge on any atom is 0.315 e. The molecule has 5 nitrogen and oxygen atoms in total. The fraction of sp³-hybridized carbons (Fsp3) is 0.278. The predicted octanol–water partition coefficient (Wildman–Crippen LogP) is 3.67. The highest BCUT2D eigenvalue weighted by Gasteiger charge is 2.15. The van der Waals surface area contributed by atoms with Crippen LogP contribution in [0.2, 0.25) is 5.02 Å². The monoisotopic (exact) mass is 346 g/mol. The number of amides is 2. The Morgan fingerprint density at radius 3 is 2.71 bits per heavy atom. The van der Waals surface area contributed by atoms with Gasteiger partial charge in [-0.1, -0.05) is 35.9 Å². The topological polar surface area (TPSA) is 59.6 Å². The third-order valence-electron chi connectivity index (χ3n) is 3.81. The molecule has 0 radical (unpaired) electrons. The van der Waals surface area contributed by atoms with Crippen molar-refractivity contribution in [3.63, 3.8) is 0 Å². The van der Waals surface area contributed by atoms with Crippen molar-refractivity contribution < 1.29 is 14.3 Å². The molecule has 0 aliphatic carbocycles. The molecule has 2 N–H and O–H groups in total. The Kier molecular flexibility index (Phi) is 5.11. The SMILES string of the molecule is CC(NC(=O)NCc1ccccc1Cl)c1ccc2c(c1)OCCO2. The molecule has 3 rings (SSSR count). The van der Waals surface area contributed by atoms with Crippen LogP contribution in [0.25, 0.3) is 0 Å². The van der Waals surface area contributed by atoms with Crippen molar-refractivity contribution in [1.29, 1.82) is 0 Å². The third-order valence-corrected chi connectivity index (χ3v) is 4.18. The largest absolute Gasteiger partial charge is 0.486 e. The second-order valence-electron chi connectivity index (χ2n) is 5.54. The highest BCUT2D eigenvalue weighted by Crippen LogP contribution is 2.32. The zero-order valence-corrected chi connectivity index (χ0v) is 14.1. The zero-order chi connectivity index (χ0) is 16.9. The van der Waals surface area contributed by atoms with Crippen molar-refractivity contribution in [3.05, 3.63) is 58.6 Å². The first-order valence-electron chi connectivity index (χ1n) is 7.81. The standard InChI is InChI=1S/C18H19ClN2O3/c1-12(13-6-7-16-17(10-13)24-9-8-23-16)21-18(22)20-11-14-4-2-3-5-15(14)19/h2-7,10,12H,8-9,11H2,1H3,(H2,20,21,22). The van der Waals surface area contributed by atoms with Crippen molar-refractivity contribution in [2.75, 3.05) is 13.2 Å². The van der Waals surface area contributed by atoms with Crippen LogP contribution in [0.4, 0.5) is 4.79 Å². The van der Waals surface area contributed by atoms with Gasteiger partial charge in [-0.3, -0.25) is 0 Å². The van der Waals surface area contributed by atoms with Gasteiger partial charge in [0.25, 0.3) is 0 Å². The molecule has 6 heteroatoms. The first-order chi connectivity index (χ1) is 11.6. The van der Waals surface area contributed by atoms with Crippen molar-refractivity contribution in [2.45, 2.75) is 19.5 Å². The van der Waals surface area contributed by atoms with Crippen molar-refractivity contribution in [1.82, 2.24) is 10.6 Å². The number of rotatable bonds is 4. The Hall–Kier alpha value is -2.40. The van der Waals surface area contributed by atoms with Gasteiger partial charge in [-0.05, 0) is 36.2 Å². The number of urea groups is 1. The average molecular weight is 347 g/mol. The second-order valence-corrected chi connectivity index (χ2v) is 5.95. The Balaban J connectivity index is 1.57. The molecule has 2 amide bonds. The zero-order valence-electron chi connectivity index (χ0n) is 13.3. The Bertz CT molecular complexity index is 736. The molecule has 0 fully saturated rings. The summed E-state index contributed by atoms with van der Waals surface area (Å²) in [5.74, 6) is 1.45. The molecule has 1 aliphatic heterocycles. The highest BCUT2D eigenvalue weighted by molar-refractivity contribution is 6.31. The molecule has 1 unspecified atom stereocenters. The highest BCUT2D eigenvalue weighted by atomic mass is 35.5. The Morgan fingerprint density at radius 1 is 1.17 bits per heavy atom. The molecule has 1 aliphatic rings. The molecule has 0 saturated carbocycles. The molecule has 0 aromatic heterocycles. The summed E-state index contributed by atoms with van der Waals surface area (Å²) < 4.78 is 11.1. The minimum Gasteiger partial charge on any atom is -0.486 e. The maximum atomic E-state index is 12.1. The van der Waals surface area contributed by atoms with Gasteiger partial charge in [0.15, 0.2) is 11.5 Å². The summed E-state index contributed by atoms with van der Waals surface area (Å²) in [6.07, 6.45) is 0. The van der Waals surface area contributed by atoms with Gasteiger partial charge < -0.3 is 20.1 Å². The van der Waals surface area contributed by atoms with E-state index in [1.165, 1.54) is 0 Å². The van der Waals surface area contributed by atoms with Gasteiger partial charge in [0.2, 0.25) is 0 Å². The lowest BCUT2D eigenvalue weighted by atomic mass is 10.1. The van der Waals surface area contributed by atoms with Crippen LogP contribution < -0.4 is 20.1 Å². The second kappa shape index (κ2) is 7.45. The molecule has 1 atom stereocenters. The summed E-state index contributed by atoms with van der Waals surface area (Å²) in [7, 11) is 0. The van der Waals surface area contributed by atoms with Gasteiger partial charge in [-0.25, -0.2) is 4.79 Å². The number of benzene rings is 2. The first kappa shape index (κ1) is 16.5. The molecule has 2 aromatic rings. The van der Waals surface area contributed by atoms with E-state index < -0.39 is 0 Å². The molecule has 0 bridgehead atoms. The molecular formula is C18H19ClN2O3. The number of hydrogen-bond acceptors (Lipinski definition) is 3. The molecule has 24 heavy (non-hydrogen) atoms. The van der Waals surface area contributed by atoms with E-state index in [1.807, 2.05) is 43.3 Å². The summed E-state index contributed by atoms with van der Waals surface area (Å²) in [4.78, 5) is 12.1. The summed E-state index contributed by atoms with van der Waals surface area (Å²) in [5.41, 5.74) is 1.83. The predicted molar refractivity (Wildman–Crippen MR) is 92.7 cm³/mol. The van der Waals surface area contributed by atoms with Gasteiger partial charge in [0.05, 0.1) is 6.04 Å². The van der Waals surface area contributed by atoms with Crippen LogP contribution in [0, 0.1) is 0 Å². The Morgan fingerprint density at radius 2 is 1.92 bits per heavy atom. The van der Waals surface area contributed by atoms with E-state index in [0.717, 1.165) is 16.9 Å². The fourth-order valence-electron chi connectivity index (χ4n) is 2.48. The van der Waals surface area contributed by atoms with Gasteiger partial charge >= 0.3 is 6.03 Å². The summed E-state index contributed by atoms with van der Waals surface area (Å²) >= 11 is 6.08. The number of fused-ring (bicyclic) bond motifs is 1. The van der Waals surface area contributed by atoms with Crippen LogP contribution in [0.15, 0.2) is 42.5 Å². The van der Waals surface area contributed by atoms with Gasteiger partial charge in [0, 0.05) is 11.6 Å². The maximum absolute atomic E-state index is 12.1. The minimum atomic E-state index is -0.252. The molecule has 0 saturated heterocycles. The van der Waals surface area contributed by atoms with Crippen molar-refractivity contribution >= 4 is 17.6 Å². The summed E-state index contributed by atoms with van der Waals surface area (Å²) in [6, 6.07) is 12.7. The van der Waals surface area contributed by atoms with E-state index in [4.69, 9.17) is 21.1 Å². The van der Waals surface area contributed by atoms with Crippen molar-refractivity contribution in [3.8, 4) is 11.5 Å². The van der Waals surface area contributed by atoms with E-state index in [2.05, 4.69) is 10.6 Å². The minimum absolute atomic E-state index is 0.160. The first-order valence-corrected chi connectivity index (χ1v) is 8.18. The van der Waals surface area contributed by atoms with Crippen LogP contribution in [-0.2, 0) is 6.54 Å². The molecule has 1 heterocycles. The lowest BCUT2D eigenvalue weighted by Crippen LogP contribution is -2.36. The van der Waals surface area contributed by atoms with Crippen LogP contribution in [-0.4, -0.2) is 19.2 Å². The van der Waals surface area contributed by atoms with Crippen LogP contribution in [0.3, 0.4) is 0 Å². The lowest BCUT2D eigenvalue weighted by molar-refractivity contribution is 0.171. The van der Waals surface area contributed by atoms with Crippen molar-refractivity contribution in [2.24, 2.45) is 0 Å². The molecule has 126 valence electrons. The number of hydrogen-bond donors (Lipinski definition) is 2. The number of carbonyl (C=O) groups excluding carboxylic acids is 1. The van der Waals surface area contributed by atoms with Crippen LogP contribution in [0.5, 0.6) is 11.5 Å². The smallest absolute Gasteiger partial charge is 0.315 e. The van der Waals surface area contributed by atoms with Gasteiger partial charge in [-0.2, -0.15) is 0 Å². The van der Waals surface area contributed by atoms with E-state index in [1.54, 1.807) is 6.07 Å². The number of halogens is 1. The molecule has 0 spiro atoms. The lowest BCUT2D eigenvalue weighted by Gasteiger charge is -2.21. The van der Waals surface area contributed by atoms with Crippen LogP contribution in [0.1, 0.15) is 24.1 Å². The summed E-state index contributed by atoms with van der Waals surface area (Å²) in [6.45, 7) is 3.39. The Labute approximate surface area is 145 Å². The number of carbonyl (C=O) groups is 1. The fourth-order valence-corrected chi connectivity index (χ4v) is 2.68. The normalized spacial score (nSPS) is 13.9. The number of ether oxygens (including phenoxy) is 2. The van der Waals surface area contributed by atoms with Crippen LogP contribution >= 0.6 is 11.6 Å². The summed E-state index contributed by atoms with van der Waals surface area (Å²) in [5, 5.41) is 6.35. The van der Waals surface area contributed by atoms with Gasteiger partial charge in [-0.15, -0.1) is 0 Å². The third kappa shape index (κ3) is 3.92. The molecule has 2 aromatic carbocycles.